The van der Waals surface area contributed by atoms with Crippen LogP contribution in [0.5, 0.6) is 5.75 Å². The number of pyridine rings is 1. The molecule has 0 spiro atoms. The number of benzene rings is 2. The summed E-state index contributed by atoms with van der Waals surface area (Å²) in [5.74, 6) is 0.102. The van der Waals surface area contributed by atoms with E-state index in [-0.39, 0.29) is 24.8 Å². The zero-order valence-corrected chi connectivity index (χ0v) is 15.6. The van der Waals surface area contributed by atoms with E-state index in [1.165, 1.54) is 23.5 Å². The van der Waals surface area contributed by atoms with Crippen LogP contribution in [0.4, 0.5) is 10.1 Å². The Morgan fingerprint density at radius 2 is 1.93 bits per heavy atom. The minimum Gasteiger partial charge on any atom is -0.486 e. The zero-order chi connectivity index (χ0) is 19.3. The van der Waals surface area contributed by atoms with E-state index in [2.05, 4.69) is 15.3 Å². The largest absolute Gasteiger partial charge is 0.486 e. The summed E-state index contributed by atoms with van der Waals surface area (Å²) in [7, 11) is 0. The van der Waals surface area contributed by atoms with E-state index in [0.29, 0.717) is 17.1 Å². The highest BCUT2D eigenvalue weighted by Crippen LogP contribution is 2.21. The second kappa shape index (κ2) is 8.14. The smallest absolute Gasteiger partial charge is 0.230 e. The molecule has 1 amide bonds. The third-order valence-corrected chi connectivity index (χ3v) is 4.89. The molecule has 2 aromatic heterocycles. The number of amides is 1. The van der Waals surface area contributed by atoms with E-state index < -0.39 is 0 Å². The molecule has 5 nitrogen and oxygen atoms in total. The van der Waals surface area contributed by atoms with E-state index in [9.17, 15) is 9.18 Å². The molecule has 1 N–H and O–H groups in total. The van der Waals surface area contributed by atoms with Gasteiger partial charge in [0.2, 0.25) is 5.91 Å². The number of halogens is 1. The van der Waals surface area contributed by atoms with Gasteiger partial charge in [0.15, 0.2) is 0 Å². The van der Waals surface area contributed by atoms with Crippen molar-refractivity contribution >= 4 is 33.8 Å². The van der Waals surface area contributed by atoms with Gasteiger partial charge >= 0.3 is 0 Å². The van der Waals surface area contributed by atoms with Crippen molar-refractivity contribution < 1.29 is 13.9 Å². The first-order chi connectivity index (χ1) is 13.7. The van der Waals surface area contributed by atoms with Gasteiger partial charge in [0.05, 0.1) is 23.3 Å². The Morgan fingerprint density at radius 1 is 1.11 bits per heavy atom. The van der Waals surface area contributed by atoms with Crippen LogP contribution in [0.25, 0.3) is 10.9 Å². The number of hydrogen-bond acceptors (Lipinski definition) is 5. The molecule has 0 aliphatic rings. The highest BCUT2D eigenvalue weighted by atomic mass is 32.1. The molecule has 0 radical (unpaired) electrons. The van der Waals surface area contributed by atoms with E-state index in [0.717, 1.165) is 15.9 Å². The van der Waals surface area contributed by atoms with Crippen LogP contribution in [-0.2, 0) is 17.8 Å². The van der Waals surface area contributed by atoms with Crippen LogP contribution >= 0.6 is 11.3 Å². The molecule has 2 aromatic carbocycles. The predicted octanol–water partition coefficient (Wildman–Crippen LogP) is 4.59. The Kier molecular flexibility index (Phi) is 5.25. The molecule has 0 aliphatic heterocycles. The maximum atomic E-state index is 12.9. The third-order valence-electron chi connectivity index (χ3n) is 4.02. The van der Waals surface area contributed by atoms with Crippen molar-refractivity contribution in [3.63, 3.8) is 0 Å². The van der Waals surface area contributed by atoms with E-state index in [4.69, 9.17) is 4.74 Å². The first kappa shape index (κ1) is 18.1. The van der Waals surface area contributed by atoms with Crippen LogP contribution in [0.3, 0.4) is 0 Å². The van der Waals surface area contributed by atoms with E-state index in [1.54, 1.807) is 18.3 Å². The van der Waals surface area contributed by atoms with Gasteiger partial charge in [-0.3, -0.25) is 9.78 Å². The SMILES string of the molecule is O=C(Cc1csc(COc2ccc(F)cc2)n1)Nc1cccc2cccnc12. The molecule has 0 atom stereocenters. The lowest BCUT2D eigenvalue weighted by Gasteiger charge is -2.07. The number of hydrogen-bond donors (Lipinski definition) is 1. The second-order valence-electron chi connectivity index (χ2n) is 6.08. The van der Waals surface area contributed by atoms with Crippen molar-refractivity contribution in [2.75, 3.05) is 5.32 Å². The van der Waals surface area contributed by atoms with Gasteiger partial charge < -0.3 is 10.1 Å². The lowest BCUT2D eigenvalue weighted by molar-refractivity contribution is -0.115. The molecule has 2 heterocycles. The fourth-order valence-electron chi connectivity index (χ4n) is 2.74. The monoisotopic (exact) mass is 393 g/mol. The van der Waals surface area contributed by atoms with Crippen LogP contribution in [0.2, 0.25) is 0 Å². The molecule has 0 saturated heterocycles. The fraction of sp³-hybridized carbons (Fsp3) is 0.0952. The maximum absolute atomic E-state index is 12.9. The Balaban J connectivity index is 1.36. The van der Waals surface area contributed by atoms with Gasteiger partial charge in [0, 0.05) is 17.0 Å². The number of carbonyl (C=O) groups excluding carboxylic acids is 1. The van der Waals surface area contributed by atoms with Crippen LogP contribution in [0.1, 0.15) is 10.7 Å². The van der Waals surface area contributed by atoms with Crippen LogP contribution in [0.15, 0.2) is 66.2 Å². The standard InChI is InChI=1S/C21H16FN3O2S/c22-15-6-8-17(9-7-15)27-12-20-24-16(13-28-20)11-19(26)25-18-5-1-3-14-4-2-10-23-21(14)18/h1-10,13H,11-12H2,(H,25,26). The van der Waals surface area contributed by atoms with Gasteiger partial charge in [-0.05, 0) is 36.4 Å². The van der Waals surface area contributed by atoms with Crippen molar-refractivity contribution in [2.24, 2.45) is 0 Å². The van der Waals surface area contributed by atoms with Crippen molar-refractivity contribution in [1.29, 1.82) is 0 Å². The number of thiazole rings is 1. The number of nitrogens with one attached hydrogen (secondary N) is 1. The number of nitrogens with zero attached hydrogens (tertiary/aromatic N) is 2. The number of rotatable bonds is 6. The van der Waals surface area contributed by atoms with Gasteiger partial charge in [-0.1, -0.05) is 18.2 Å². The highest BCUT2D eigenvalue weighted by Gasteiger charge is 2.11. The van der Waals surface area contributed by atoms with Gasteiger partial charge in [0.25, 0.3) is 0 Å². The average molecular weight is 393 g/mol. The summed E-state index contributed by atoms with van der Waals surface area (Å²) in [4.78, 5) is 21.2. The summed E-state index contributed by atoms with van der Waals surface area (Å²) < 4.78 is 18.5. The molecule has 28 heavy (non-hydrogen) atoms. The fourth-order valence-corrected chi connectivity index (χ4v) is 3.44. The molecule has 0 aliphatic carbocycles. The third kappa shape index (κ3) is 4.32. The first-order valence-corrected chi connectivity index (χ1v) is 9.50. The molecular formula is C21H16FN3O2S. The molecule has 7 heteroatoms. The molecule has 0 bridgehead atoms. The van der Waals surface area contributed by atoms with Crippen LogP contribution in [0, 0.1) is 5.82 Å². The van der Waals surface area contributed by atoms with E-state index in [1.807, 2.05) is 35.7 Å². The molecule has 140 valence electrons. The Hall–Kier alpha value is -3.32. The molecule has 4 aromatic rings. The topological polar surface area (TPSA) is 64.1 Å². The maximum Gasteiger partial charge on any atom is 0.230 e. The number of carbonyl (C=O) groups is 1. The Morgan fingerprint density at radius 3 is 2.79 bits per heavy atom. The summed E-state index contributed by atoms with van der Waals surface area (Å²) in [6.07, 6.45) is 1.86. The zero-order valence-electron chi connectivity index (χ0n) is 14.8. The molecule has 0 unspecified atom stereocenters. The first-order valence-electron chi connectivity index (χ1n) is 8.62. The number of aromatic nitrogens is 2. The van der Waals surface area contributed by atoms with Crippen LogP contribution in [-0.4, -0.2) is 15.9 Å². The lowest BCUT2D eigenvalue weighted by Crippen LogP contribution is -2.15. The minimum absolute atomic E-state index is 0.158. The van der Waals surface area contributed by atoms with Crippen LogP contribution < -0.4 is 10.1 Å². The number of fused-ring (bicyclic) bond motifs is 1. The molecule has 0 fully saturated rings. The van der Waals surface area contributed by atoms with Crippen molar-refractivity contribution in [1.82, 2.24) is 9.97 Å². The predicted molar refractivity (Wildman–Crippen MR) is 107 cm³/mol. The quantitative estimate of drug-likeness (QED) is 0.520. The summed E-state index contributed by atoms with van der Waals surface area (Å²) in [6.45, 7) is 0.269. The Bertz CT molecular complexity index is 1110. The lowest BCUT2D eigenvalue weighted by atomic mass is 10.2. The number of para-hydroxylation sites is 1. The number of ether oxygens (including phenoxy) is 1. The minimum atomic E-state index is -0.309. The summed E-state index contributed by atoms with van der Waals surface area (Å²) in [6, 6.07) is 15.3. The normalized spacial score (nSPS) is 10.8. The van der Waals surface area contributed by atoms with Gasteiger partial charge in [-0.25, -0.2) is 9.37 Å². The van der Waals surface area contributed by atoms with Gasteiger partial charge in [-0.2, -0.15) is 0 Å². The van der Waals surface area contributed by atoms with Crippen molar-refractivity contribution in [3.05, 3.63) is 82.7 Å². The van der Waals surface area contributed by atoms with Gasteiger partial charge in [0.1, 0.15) is 23.2 Å². The second-order valence-corrected chi connectivity index (χ2v) is 7.02. The van der Waals surface area contributed by atoms with Gasteiger partial charge in [-0.15, -0.1) is 11.3 Å². The summed E-state index contributed by atoms with van der Waals surface area (Å²) in [5.41, 5.74) is 2.11. The molecule has 4 rings (SSSR count). The summed E-state index contributed by atoms with van der Waals surface area (Å²) in [5, 5.41) is 6.46. The molecule has 0 saturated carbocycles. The highest BCUT2D eigenvalue weighted by molar-refractivity contribution is 7.09. The molecular weight excluding hydrogens is 377 g/mol. The van der Waals surface area contributed by atoms with Crippen molar-refractivity contribution in [3.8, 4) is 5.75 Å². The van der Waals surface area contributed by atoms with Crippen molar-refractivity contribution in [2.45, 2.75) is 13.0 Å². The Labute approximate surface area is 164 Å². The number of anilines is 1. The van der Waals surface area contributed by atoms with E-state index >= 15 is 0 Å². The summed E-state index contributed by atoms with van der Waals surface area (Å²) >= 11 is 1.42. The average Bonchev–Trinajstić information content (AvgIpc) is 3.15.